The van der Waals surface area contributed by atoms with E-state index in [1.54, 1.807) is 0 Å². The number of rotatable bonds is 1. The summed E-state index contributed by atoms with van der Waals surface area (Å²) in [6, 6.07) is 1.20. The molecule has 0 spiro atoms. The minimum absolute atomic E-state index is 0.0116. The molecule has 0 aliphatic rings. The Hall–Kier alpha value is -0.700. The molecule has 0 saturated heterocycles. The van der Waals surface area contributed by atoms with Gasteiger partial charge in [0, 0.05) is 18.0 Å². The van der Waals surface area contributed by atoms with E-state index in [1.165, 1.54) is 18.5 Å². The molecule has 54 valence electrons. The van der Waals surface area contributed by atoms with Gasteiger partial charge in [-0.3, -0.25) is 4.98 Å². The lowest BCUT2D eigenvalue weighted by atomic mass is 10.3. The molecule has 0 bridgehead atoms. The monoisotopic (exact) mass is 163 g/mol. The normalized spacial score (nSPS) is 10.4. The van der Waals surface area contributed by atoms with Crippen molar-refractivity contribution in [3.05, 3.63) is 29.0 Å². The molecule has 0 amide bonds. The van der Waals surface area contributed by atoms with Crippen molar-refractivity contribution in [2.45, 2.75) is 6.43 Å². The maximum Gasteiger partial charge on any atom is 0.265 e. The van der Waals surface area contributed by atoms with Gasteiger partial charge in [0.1, 0.15) is 0 Å². The van der Waals surface area contributed by atoms with Crippen molar-refractivity contribution < 1.29 is 8.78 Å². The van der Waals surface area contributed by atoms with Gasteiger partial charge in [-0.25, -0.2) is 8.78 Å². The highest BCUT2D eigenvalue weighted by molar-refractivity contribution is 6.31. The Morgan fingerprint density at radius 3 is 2.60 bits per heavy atom. The Kier molecular flexibility index (Phi) is 2.17. The van der Waals surface area contributed by atoms with E-state index in [0.717, 1.165) is 0 Å². The second-order valence-corrected chi connectivity index (χ2v) is 2.11. The van der Waals surface area contributed by atoms with E-state index in [2.05, 4.69) is 4.98 Å². The molecule has 0 fully saturated rings. The third-order valence-corrected chi connectivity index (χ3v) is 1.35. The average Bonchev–Trinajstić information content (AvgIpc) is 1.88. The maximum atomic E-state index is 11.9. The maximum absolute atomic E-state index is 11.9. The van der Waals surface area contributed by atoms with Gasteiger partial charge in [-0.15, -0.1) is 0 Å². The van der Waals surface area contributed by atoms with Crippen molar-refractivity contribution in [3.63, 3.8) is 0 Å². The van der Waals surface area contributed by atoms with Crippen LogP contribution >= 0.6 is 11.6 Å². The summed E-state index contributed by atoms with van der Waals surface area (Å²) >= 11 is 5.38. The first kappa shape index (κ1) is 7.41. The minimum atomic E-state index is -2.52. The molecular formula is C6H4ClF2N. The Morgan fingerprint density at radius 2 is 2.20 bits per heavy atom. The summed E-state index contributed by atoms with van der Waals surface area (Å²) in [5.74, 6) is 0. The fraction of sp³-hybridized carbons (Fsp3) is 0.167. The van der Waals surface area contributed by atoms with E-state index in [9.17, 15) is 8.78 Å². The standard InChI is InChI=1S/C6H4ClF2N/c7-5-3-10-2-1-4(5)6(8)9/h1-3,6H. The predicted molar refractivity (Wildman–Crippen MR) is 34.2 cm³/mol. The van der Waals surface area contributed by atoms with Crippen LogP contribution in [0.2, 0.25) is 5.02 Å². The number of aromatic nitrogens is 1. The van der Waals surface area contributed by atoms with Gasteiger partial charge in [0.15, 0.2) is 0 Å². The first-order valence-corrected chi connectivity index (χ1v) is 2.97. The van der Waals surface area contributed by atoms with Crippen LogP contribution in [0.3, 0.4) is 0 Å². The highest BCUT2D eigenvalue weighted by atomic mass is 35.5. The molecule has 1 rings (SSSR count). The van der Waals surface area contributed by atoms with Crippen LogP contribution in [0.4, 0.5) is 8.78 Å². The van der Waals surface area contributed by atoms with Crippen LogP contribution in [0.1, 0.15) is 12.0 Å². The summed E-state index contributed by atoms with van der Waals surface area (Å²) in [7, 11) is 0. The molecule has 0 unspecified atom stereocenters. The molecule has 0 atom stereocenters. The van der Waals surface area contributed by atoms with Crippen molar-refractivity contribution in [3.8, 4) is 0 Å². The molecule has 1 aromatic rings. The number of hydrogen-bond acceptors (Lipinski definition) is 1. The van der Waals surface area contributed by atoms with Gasteiger partial charge >= 0.3 is 0 Å². The first-order valence-electron chi connectivity index (χ1n) is 2.59. The molecule has 1 aromatic heterocycles. The number of alkyl halides is 2. The van der Waals surface area contributed by atoms with E-state index < -0.39 is 6.43 Å². The van der Waals surface area contributed by atoms with Gasteiger partial charge in [0.05, 0.1) is 5.02 Å². The van der Waals surface area contributed by atoms with Gasteiger partial charge < -0.3 is 0 Å². The second-order valence-electron chi connectivity index (χ2n) is 1.70. The Balaban J connectivity index is 3.03. The van der Waals surface area contributed by atoms with Gasteiger partial charge in [-0.1, -0.05) is 11.6 Å². The highest BCUT2D eigenvalue weighted by Crippen LogP contribution is 2.24. The summed E-state index contributed by atoms with van der Waals surface area (Å²) in [5.41, 5.74) is -0.170. The zero-order chi connectivity index (χ0) is 7.56. The summed E-state index contributed by atoms with van der Waals surface area (Å²) in [6.07, 6.45) is -0.0355. The summed E-state index contributed by atoms with van der Waals surface area (Å²) in [6.45, 7) is 0. The largest absolute Gasteiger partial charge is 0.265 e. The van der Waals surface area contributed by atoms with Crippen molar-refractivity contribution >= 4 is 11.6 Å². The van der Waals surface area contributed by atoms with Crippen LogP contribution in [0.15, 0.2) is 18.5 Å². The first-order chi connectivity index (χ1) is 4.72. The second kappa shape index (κ2) is 2.92. The summed E-state index contributed by atoms with van der Waals surface area (Å²) in [4.78, 5) is 3.56. The number of halogens is 3. The molecule has 0 aliphatic carbocycles. The predicted octanol–water partition coefficient (Wildman–Crippen LogP) is 2.67. The molecule has 0 aromatic carbocycles. The molecule has 0 N–H and O–H groups in total. The van der Waals surface area contributed by atoms with E-state index in [0.29, 0.717) is 0 Å². The molecule has 4 heteroatoms. The molecule has 1 nitrogen and oxygen atoms in total. The van der Waals surface area contributed by atoms with Crippen LogP contribution in [0.25, 0.3) is 0 Å². The van der Waals surface area contributed by atoms with Crippen LogP contribution in [0, 0.1) is 0 Å². The fourth-order valence-electron chi connectivity index (χ4n) is 0.563. The lowest BCUT2D eigenvalue weighted by molar-refractivity contribution is 0.151. The van der Waals surface area contributed by atoms with Crippen molar-refractivity contribution in [2.75, 3.05) is 0 Å². The zero-order valence-corrected chi connectivity index (χ0v) is 5.65. The van der Waals surface area contributed by atoms with Crippen LogP contribution in [-0.4, -0.2) is 4.98 Å². The molecule has 0 saturated carbocycles. The van der Waals surface area contributed by atoms with Gasteiger partial charge in [-0.2, -0.15) is 0 Å². The third kappa shape index (κ3) is 1.42. The summed E-state index contributed by atoms with van der Waals surface area (Å²) in [5, 5.41) is 0.0116. The highest BCUT2D eigenvalue weighted by Gasteiger charge is 2.09. The number of hydrogen-bond donors (Lipinski definition) is 0. The molecule has 0 radical (unpaired) electrons. The molecular weight excluding hydrogens is 160 g/mol. The van der Waals surface area contributed by atoms with Crippen molar-refractivity contribution in [2.24, 2.45) is 0 Å². The van der Waals surface area contributed by atoms with Gasteiger partial charge in [-0.05, 0) is 6.07 Å². The number of pyridine rings is 1. The van der Waals surface area contributed by atoms with Crippen molar-refractivity contribution in [1.29, 1.82) is 0 Å². The van der Waals surface area contributed by atoms with E-state index >= 15 is 0 Å². The smallest absolute Gasteiger partial charge is 0.263 e. The molecule has 1 heterocycles. The SMILES string of the molecule is FC(F)c1ccncc1Cl. The Labute approximate surface area is 61.7 Å². The van der Waals surface area contributed by atoms with Crippen LogP contribution < -0.4 is 0 Å². The fourth-order valence-corrected chi connectivity index (χ4v) is 0.765. The van der Waals surface area contributed by atoms with Crippen LogP contribution in [-0.2, 0) is 0 Å². The number of nitrogens with zero attached hydrogens (tertiary/aromatic N) is 1. The summed E-state index contributed by atoms with van der Waals surface area (Å²) < 4.78 is 23.8. The van der Waals surface area contributed by atoms with Crippen LogP contribution in [0.5, 0.6) is 0 Å². The molecule has 10 heavy (non-hydrogen) atoms. The van der Waals surface area contributed by atoms with E-state index in [4.69, 9.17) is 11.6 Å². The van der Waals surface area contributed by atoms with E-state index in [1.807, 2.05) is 0 Å². The quantitative estimate of drug-likeness (QED) is 0.620. The van der Waals surface area contributed by atoms with E-state index in [-0.39, 0.29) is 10.6 Å². The van der Waals surface area contributed by atoms with Gasteiger partial charge in [0.25, 0.3) is 6.43 Å². The zero-order valence-electron chi connectivity index (χ0n) is 4.89. The van der Waals surface area contributed by atoms with Crippen molar-refractivity contribution in [1.82, 2.24) is 4.98 Å². The average molecular weight is 164 g/mol. The Morgan fingerprint density at radius 1 is 1.50 bits per heavy atom. The molecule has 0 aliphatic heterocycles. The third-order valence-electron chi connectivity index (χ3n) is 1.04. The minimum Gasteiger partial charge on any atom is -0.263 e. The van der Waals surface area contributed by atoms with Gasteiger partial charge in [0.2, 0.25) is 0 Å². The lowest BCUT2D eigenvalue weighted by Crippen LogP contribution is -1.85. The lowest BCUT2D eigenvalue weighted by Gasteiger charge is -1.98. The Bertz CT molecular complexity index is 227. The topological polar surface area (TPSA) is 12.9 Å².